The van der Waals surface area contributed by atoms with Gasteiger partial charge in [-0.2, -0.15) is 0 Å². The first-order valence-electron chi connectivity index (χ1n) is 7.23. The molecule has 2 aromatic rings. The fourth-order valence-electron chi connectivity index (χ4n) is 2.80. The molecule has 5 heteroatoms. The van der Waals surface area contributed by atoms with Crippen molar-refractivity contribution in [3.05, 3.63) is 30.0 Å². The molecule has 0 radical (unpaired) electrons. The molecule has 0 spiro atoms. The van der Waals surface area contributed by atoms with Crippen LogP contribution in [0.4, 0.5) is 0 Å². The average molecular weight is 288 g/mol. The van der Waals surface area contributed by atoms with Gasteiger partial charge in [-0.3, -0.25) is 4.79 Å². The Hall–Kier alpha value is -2.01. The van der Waals surface area contributed by atoms with E-state index in [0.29, 0.717) is 6.42 Å². The Morgan fingerprint density at radius 2 is 2.38 bits per heavy atom. The van der Waals surface area contributed by atoms with Gasteiger partial charge in [-0.1, -0.05) is 0 Å². The van der Waals surface area contributed by atoms with E-state index in [-0.39, 0.29) is 11.9 Å². The average Bonchev–Trinajstić information content (AvgIpc) is 2.89. The zero-order valence-electron chi connectivity index (χ0n) is 12.4. The van der Waals surface area contributed by atoms with Crippen molar-refractivity contribution in [1.82, 2.24) is 10.2 Å². The Morgan fingerprint density at radius 1 is 1.52 bits per heavy atom. The van der Waals surface area contributed by atoms with Crippen molar-refractivity contribution in [2.24, 2.45) is 0 Å². The summed E-state index contributed by atoms with van der Waals surface area (Å²) >= 11 is 0. The fraction of sp³-hybridized carbons (Fsp3) is 0.438. The van der Waals surface area contributed by atoms with E-state index >= 15 is 0 Å². The molecule has 0 aliphatic carbocycles. The third-order valence-electron chi connectivity index (χ3n) is 4.03. The van der Waals surface area contributed by atoms with E-state index in [9.17, 15) is 4.79 Å². The van der Waals surface area contributed by atoms with Crippen molar-refractivity contribution in [1.29, 1.82) is 0 Å². The van der Waals surface area contributed by atoms with Crippen molar-refractivity contribution in [2.45, 2.75) is 19.4 Å². The third-order valence-corrected chi connectivity index (χ3v) is 4.03. The van der Waals surface area contributed by atoms with Crippen LogP contribution in [0.1, 0.15) is 12.5 Å². The summed E-state index contributed by atoms with van der Waals surface area (Å²) in [5.41, 5.74) is 1.69. The summed E-state index contributed by atoms with van der Waals surface area (Å²) in [5.74, 6) is 0.910. The number of ether oxygens (including phenoxy) is 1. The molecule has 1 saturated heterocycles. The maximum Gasteiger partial charge on any atom is 0.227 e. The van der Waals surface area contributed by atoms with E-state index < -0.39 is 0 Å². The predicted octanol–water partition coefficient (Wildman–Crippen LogP) is 1.80. The van der Waals surface area contributed by atoms with Gasteiger partial charge in [-0.05, 0) is 19.1 Å². The first-order valence-corrected chi connectivity index (χ1v) is 7.23. The van der Waals surface area contributed by atoms with Crippen molar-refractivity contribution in [3.8, 4) is 5.75 Å². The second kappa shape index (κ2) is 5.77. The lowest BCUT2D eigenvalue weighted by molar-refractivity contribution is -0.133. The maximum atomic E-state index is 12.5. The molecule has 1 aromatic carbocycles. The number of fused-ring (bicyclic) bond motifs is 1. The van der Waals surface area contributed by atoms with Gasteiger partial charge in [-0.25, -0.2) is 0 Å². The fourth-order valence-corrected chi connectivity index (χ4v) is 2.80. The highest BCUT2D eigenvalue weighted by molar-refractivity contribution is 5.88. The molecular weight excluding hydrogens is 268 g/mol. The lowest BCUT2D eigenvalue weighted by atomic mass is 10.1. The molecule has 1 aromatic heterocycles. The lowest BCUT2D eigenvalue weighted by Gasteiger charge is -2.34. The van der Waals surface area contributed by atoms with Crippen LogP contribution in [0.15, 0.2) is 28.9 Å². The van der Waals surface area contributed by atoms with Crippen LogP contribution >= 0.6 is 0 Å². The second-order valence-corrected chi connectivity index (χ2v) is 5.44. The second-order valence-electron chi connectivity index (χ2n) is 5.44. The van der Waals surface area contributed by atoms with Crippen molar-refractivity contribution >= 4 is 16.9 Å². The van der Waals surface area contributed by atoms with Crippen LogP contribution < -0.4 is 10.1 Å². The zero-order valence-corrected chi connectivity index (χ0v) is 12.4. The molecule has 1 fully saturated rings. The highest BCUT2D eigenvalue weighted by Crippen LogP contribution is 2.26. The summed E-state index contributed by atoms with van der Waals surface area (Å²) in [5, 5.41) is 4.27. The number of rotatable bonds is 3. The number of furan rings is 1. The summed E-state index contributed by atoms with van der Waals surface area (Å²) in [6.45, 7) is 4.56. The predicted molar refractivity (Wildman–Crippen MR) is 80.5 cm³/mol. The Bertz CT molecular complexity index is 650. The van der Waals surface area contributed by atoms with Gasteiger partial charge in [0.2, 0.25) is 5.91 Å². The summed E-state index contributed by atoms with van der Waals surface area (Å²) < 4.78 is 10.7. The summed E-state index contributed by atoms with van der Waals surface area (Å²) in [6.07, 6.45) is 2.05. The van der Waals surface area contributed by atoms with Crippen molar-refractivity contribution in [2.75, 3.05) is 26.7 Å². The van der Waals surface area contributed by atoms with Gasteiger partial charge in [0.05, 0.1) is 19.8 Å². The monoisotopic (exact) mass is 288 g/mol. The number of hydrogen-bond donors (Lipinski definition) is 1. The molecule has 1 amide bonds. The Kier molecular flexibility index (Phi) is 3.84. The van der Waals surface area contributed by atoms with Gasteiger partial charge in [0, 0.05) is 42.7 Å². The number of nitrogens with zero attached hydrogens (tertiary/aromatic N) is 1. The molecule has 0 bridgehead atoms. The molecule has 5 nitrogen and oxygen atoms in total. The van der Waals surface area contributed by atoms with E-state index in [2.05, 4.69) is 12.2 Å². The number of piperazine rings is 1. The Labute approximate surface area is 123 Å². The van der Waals surface area contributed by atoms with Gasteiger partial charge in [0.1, 0.15) is 11.3 Å². The van der Waals surface area contributed by atoms with Crippen molar-refractivity contribution in [3.63, 3.8) is 0 Å². The first-order chi connectivity index (χ1) is 10.2. The van der Waals surface area contributed by atoms with Crippen LogP contribution in [0.3, 0.4) is 0 Å². The molecule has 21 heavy (non-hydrogen) atoms. The van der Waals surface area contributed by atoms with E-state index in [1.54, 1.807) is 13.4 Å². The Balaban J connectivity index is 1.79. The molecule has 0 unspecified atom stereocenters. The minimum Gasteiger partial charge on any atom is -0.497 e. The summed E-state index contributed by atoms with van der Waals surface area (Å²) in [7, 11) is 1.63. The zero-order chi connectivity index (χ0) is 14.8. The molecule has 1 aliphatic rings. The van der Waals surface area contributed by atoms with Crippen LogP contribution in [0, 0.1) is 0 Å². The number of amides is 1. The van der Waals surface area contributed by atoms with Crippen LogP contribution in [-0.4, -0.2) is 43.6 Å². The number of nitrogens with one attached hydrogen (secondary N) is 1. The smallest absolute Gasteiger partial charge is 0.227 e. The van der Waals surface area contributed by atoms with Crippen LogP contribution in [0.2, 0.25) is 0 Å². The summed E-state index contributed by atoms with van der Waals surface area (Å²) in [6, 6.07) is 5.92. The minimum absolute atomic E-state index is 0.155. The quantitative estimate of drug-likeness (QED) is 0.936. The number of benzene rings is 1. The van der Waals surface area contributed by atoms with E-state index in [1.807, 2.05) is 23.1 Å². The molecule has 0 saturated carbocycles. The molecular formula is C16H20N2O3. The number of methoxy groups -OCH3 is 1. The lowest BCUT2D eigenvalue weighted by Crippen LogP contribution is -2.52. The molecule has 1 aliphatic heterocycles. The standard InChI is InChI=1S/C16H20N2O3/c1-11-9-17-5-6-18(11)16(19)7-12-10-21-15-8-13(20-2)3-4-14(12)15/h3-4,8,10-11,17H,5-7,9H2,1-2H3/t11-/m1/s1. The van der Waals surface area contributed by atoms with Gasteiger partial charge in [0.15, 0.2) is 0 Å². The van der Waals surface area contributed by atoms with Crippen LogP contribution in [-0.2, 0) is 11.2 Å². The number of carbonyl (C=O) groups is 1. The summed E-state index contributed by atoms with van der Waals surface area (Å²) in [4.78, 5) is 14.4. The molecule has 1 atom stereocenters. The third kappa shape index (κ3) is 2.74. The van der Waals surface area contributed by atoms with E-state index in [0.717, 1.165) is 41.9 Å². The molecule has 2 heterocycles. The minimum atomic E-state index is 0.155. The molecule has 1 N–H and O–H groups in total. The number of carbonyl (C=O) groups excluding carboxylic acids is 1. The molecule has 112 valence electrons. The van der Waals surface area contributed by atoms with Crippen LogP contribution in [0.25, 0.3) is 11.0 Å². The highest BCUT2D eigenvalue weighted by Gasteiger charge is 2.23. The van der Waals surface area contributed by atoms with Crippen molar-refractivity contribution < 1.29 is 13.9 Å². The van der Waals surface area contributed by atoms with Gasteiger partial charge in [-0.15, -0.1) is 0 Å². The normalized spacial score (nSPS) is 19.0. The van der Waals surface area contributed by atoms with E-state index in [1.165, 1.54) is 0 Å². The highest BCUT2D eigenvalue weighted by atomic mass is 16.5. The number of hydrogen-bond acceptors (Lipinski definition) is 4. The van der Waals surface area contributed by atoms with Crippen LogP contribution in [0.5, 0.6) is 5.75 Å². The first kappa shape index (κ1) is 13.9. The topological polar surface area (TPSA) is 54.7 Å². The van der Waals surface area contributed by atoms with Gasteiger partial charge >= 0.3 is 0 Å². The van der Waals surface area contributed by atoms with Gasteiger partial charge in [0.25, 0.3) is 0 Å². The van der Waals surface area contributed by atoms with Gasteiger partial charge < -0.3 is 19.4 Å². The SMILES string of the molecule is COc1ccc2c(CC(=O)N3CCNC[C@H]3C)coc2c1. The Morgan fingerprint density at radius 3 is 3.14 bits per heavy atom. The maximum absolute atomic E-state index is 12.5. The largest absolute Gasteiger partial charge is 0.497 e. The van der Waals surface area contributed by atoms with E-state index in [4.69, 9.17) is 9.15 Å². The molecule has 3 rings (SSSR count).